The molecule has 2 rings (SSSR count). The molecule has 1 unspecified atom stereocenters. The summed E-state index contributed by atoms with van der Waals surface area (Å²) in [5, 5.41) is 0. The topological polar surface area (TPSA) is 3.24 Å². The lowest BCUT2D eigenvalue weighted by Crippen LogP contribution is -2.36. The van der Waals surface area contributed by atoms with E-state index in [4.69, 9.17) is 0 Å². The van der Waals surface area contributed by atoms with Gasteiger partial charge in [-0.05, 0) is 37.9 Å². The predicted molar refractivity (Wildman–Crippen MR) is 57.1 cm³/mol. The number of fused-ring (bicyclic) bond motifs is 1. The first-order chi connectivity index (χ1) is 7.50. The van der Waals surface area contributed by atoms with Crippen LogP contribution < -0.4 is 0 Å². The maximum absolute atomic E-state index is 12.6. The predicted octanol–water partition coefficient (Wildman–Crippen LogP) is 3.15. The summed E-state index contributed by atoms with van der Waals surface area (Å²) < 4.78 is 37.7. The molecule has 0 spiro atoms. The Labute approximate surface area is 93.6 Å². The van der Waals surface area contributed by atoms with Gasteiger partial charge in [0.15, 0.2) is 0 Å². The number of rotatable bonds is 1. The number of piperidine rings is 1. The van der Waals surface area contributed by atoms with Crippen molar-refractivity contribution in [2.24, 2.45) is 5.92 Å². The van der Waals surface area contributed by atoms with Crippen molar-refractivity contribution in [3.63, 3.8) is 0 Å². The normalized spacial score (nSPS) is 27.1. The van der Waals surface area contributed by atoms with Gasteiger partial charge < -0.3 is 0 Å². The van der Waals surface area contributed by atoms with Crippen molar-refractivity contribution in [2.45, 2.75) is 25.9 Å². The third-order valence-electron chi connectivity index (χ3n) is 3.46. The monoisotopic (exact) mass is 231 g/mol. The van der Waals surface area contributed by atoms with E-state index in [0.29, 0.717) is 18.9 Å². The number of nitrogens with zero attached hydrogens (tertiary/aromatic N) is 1. The maximum atomic E-state index is 12.6. The van der Waals surface area contributed by atoms with Crippen molar-refractivity contribution in [2.75, 3.05) is 19.6 Å². The highest BCUT2D eigenvalue weighted by atomic mass is 19.4. The Hall–Kier alpha value is -0.770. The summed E-state index contributed by atoms with van der Waals surface area (Å²) >= 11 is 0. The summed E-state index contributed by atoms with van der Waals surface area (Å²) in [7, 11) is 0. The number of alkyl halides is 3. The Kier molecular flexibility index (Phi) is 3.10. The molecule has 0 N–H and O–H groups in total. The summed E-state index contributed by atoms with van der Waals surface area (Å²) in [6.07, 6.45) is 0.0533. The third-order valence-corrected chi connectivity index (χ3v) is 3.46. The average molecular weight is 231 g/mol. The lowest BCUT2D eigenvalue weighted by Gasteiger charge is -2.35. The second kappa shape index (κ2) is 4.24. The SMILES string of the molecule is CCN1CCC2CC=C(C(F)(F)F)C=C2C1. The minimum Gasteiger partial charge on any atom is -0.300 e. The van der Waals surface area contributed by atoms with Gasteiger partial charge in [-0.25, -0.2) is 0 Å². The van der Waals surface area contributed by atoms with Crippen molar-refractivity contribution >= 4 is 0 Å². The molecular formula is C12H16F3N. The van der Waals surface area contributed by atoms with Crippen LogP contribution in [0.25, 0.3) is 0 Å². The van der Waals surface area contributed by atoms with Gasteiger partial charge in [0.25, 0.3) is 0 Å². The van der Waals surface area contributed by atoms with Crippen LogP contribution in [-0.2, 0) is 0 Å². The molecule has 1 aliphatic heterocycles. The fourth-order valence-corrected chi connectivity index (χ4v) is 2.42. The molecule has 4 heteroatoms. The molecular weight excluding hydrogens is 215 g/mol. The van der Waals surface area contributed by atoms with Crippen LogP contribution in [0.5, 0.6) is 0 Å². The van der Waals surface area contributed by atoms with Crippen LogP contribution in [0.1, 0.15) is 19.8 Å². The molecule has 1 aliphatic carbocycles. The summed E-state index contributed by atoms with van der Waals surface area (Å²) in [6.45, 7) is 4.67. The maximum Gasteiger partial charge on any atom is 0.416 e. The van der Waals surface area contributed by atoms with E-state index in [9.17, 15) is 13.2 Å². The molecule has 1 nitrogen and oxygen atoms in total. The van der Waals surface area contributed by atoms with E-state index in [-0.39, 0.29) is 0 Å². The highest BCUT2D eigenvalue weighted by Crippen LogP contribution is 2.37. The summed E-state index contributed by atoms with van der Waals surface area (Å²) in [5.74, 6) is 0.342. The number of allylic oxidation sites excluding steroid dienone is 3. The molecule has 1 heterocycles. The number of hydrogen-bond acceptors (Lipinski definition) is 1. The highest BCUT2D eigenvalue weighted by molar-refractivity contribution is 5.34. The number of halogens is 3. The van der Waals surface area contributed by atoms with E-state index in [0.717, 1.165) is 25.1 Å². The van der Waals surface area contributed by atoms with E-state index >= 15 is 0 Å². The first kappa shape index (κ1) is 11.7. The molecule has 0 bridgehead atoms. The largest absolute Gasteiger partial charge is 0.416 e. The summed E-state index contributed by atoms with van der Waals surface area (Å²) in [4.78, 5) is 2.20. The zero-order valence-electron chi connectivity index (χ0n) is 9.35. The molecule has 0 aromatic rings. The molecule has 0 aromatic heterocycles. The van der Waals surface area contributed by atoms with E-state index < -0.39 is 11.7 Å². The molecule has 0 saturated carbocycles. The zero-order valence-corrected chi connectivity index (χ0v) is 9.35. The van der Waals surface area contributed by atoms with E-state index in [2.05, 4.69) is 4.90 Å². The van der Waals surface area contributed by atoms with Crippen molar-refractivity contribution in [1.82, 2.24) is 4.90 Å². The Morgan fingerprint density at radius 1 is 1.44 bits per heavy atom. The first-order valence-electron chi connectivity index (χ1n) is 5.71. The Bertz CT molecular complexity index is 328. The van der Waals surface area contributed by atoms with Crippen LogP contribution in [-0.4, -0.2) is 30.7 Å². The van der Waals surface area contributed by atoms with Crippen molar-refractivity contribution in [3.05, 3.63) is 23.3 Å². The van der Waals surface area contributed by atoms with Gasteiger partial charge in [-0.2, -0.15) is 13.2 Å². The third kappa shape index (κ3) is 2.32. The molecule has 1 atom stereocenters. The molecule has 0 amide bonds. The van der Waals surface area contributed by atoms with Crippen molar-refractivity contribution in [3.8, 4) is 0 Å². The van der Waals surface area contributed by atoms with Crippen molar-refractivity contribution < 1.29 is 13.2 Å². The molecule has 2 aliphatic rings. The molecule has 1 fully saturated rings. The van der Waals surface area contributed by atoms with Gasteiger partial charge in [0, 0.05) is 6.54 Å². The lowest BCUT2D eigenvalue weighted by atomic mass is 9.83. The fraction of sp³-hybridized carbons (Fsp3) is 0.667. The summed E-state index contributed by atoms with van der Waals surface area (Å²) in [6, 6.07) is 0. The van der Waals surface area contributed by atoms with Gasteiger partial charge in [-0.3, -0.25) is 4.90 Å². The zero-order chi connectivity index (χ0) is 11.8. The van der Waals surface area contributed by atoms with Gasteiger partial charge in [0.1, 0.15) is 0 Å². The van der Waals surface area contributed by atoms with Crippen LogP contribution in [0.4, 0.5) is 13.2 Å². The number of likely N-dealkylation sites (N-methyl/N-ethyl adjacent to an activating group) is 1. The van der Waals surface area contributed by atoms with E-state index in [1.807, 2.05) is 6.92 Å². The Morgan fingerprint density at radius 3 is 2.81 bits per heavy atom. The van der Waals surface area contributed by atoms with E-state index in [1.54, 1.807) is 0 Å². The second-order valence-corrected chi connectivity index (χ2v) is 4.47. The van der Waals surface area contributed by atoms with Gasteiger partial charge in [-0.1, -0.05) is 18.6 Å². The lowest BCUT2D eigenvalue weighted by molar-refractivity contribution is -0.0889. The summed E-state index contributed by atoms with van der Waals surface area (Å²) in [5.41, 5.74) is 0.500. The Balaban J connectivity index is 2.15. The van der Waals surface area contributed by atoms with Crippen LogP contribution >= 0.6 is 0 Å². The molecule has 1 saturated heterocycles. The molecule has 16 heavy (non-hydrogen) atoms. The van der Waals surface area contributed by atoms with Gasteiger partial charge >= 0.3 is 6.18 Å². The van der Waals surface area contributed by atoms with Crippen LogP contribution in [0.3, 0.4) is 0 Å². The van der Waals surface area contributed by atoms with E-state index in [1.165, 1.54) is 12.2 Å². The molecule has 0 radical (unpaired) electrons. The number of likely N-dealkylation sites (tertiary alicyclic amines) is 1. The standard InChI is InChI=1S/C12H16F3N/c1-2-16-6-5-9-3-4-11(12(13,14)15)7-10(9)8-16/h4,7,9H,2-3,5-6,8H2,1H3. The minimum atomic E-state index is -4.19. The van der Waals surface area contributed by atoms with Crippen molar-refractivity contribution in [1.29, 1.82) is 0 Å². The molecule has 0 aromatic carbocycles. The Morgan fingerprint density at radius 2 is 2.19 bits per heavy atom. The minimum absolute atomic E-state index is 0.342. The van der Waals surface area contributed by atoms with Crippen LogP contribution in [0, 0.1) is 5.92 Å². The van der Waals surface area contributed by atoms with Gasteiger partial charge in [0.05, 0.1) is 5.57 Å². The van der Waals surface area contributed by atoms with Crippen LogP contribution in [0.15, 0.2) is 23.3 Å². The fourth-order valence-electron chi connectivity index (χ4n) is 2.42. The number of hydrogen-bond donors (Lipinski definition) is 0. The van der Waals surface area contributed by atoms with Gasteiger partial charge in [0.2, 0.25) is 0 Å². The first-order valence-corrected chi connectivity index (χ1v) is 5.71. The van der Waals surface area contributed by atoms with Gasteiger partial charge in [-0.15, -0.1) is 0 Å². The molecule has 90 valence electrons. The highest BCUT2D eigenvalue weighted by Gasteiger charge is 2.35. The smallest absolute Gasteiger partial charge is 0.300 e. The quantitative estimate of drug-likeness (QED) is 0.670. The average Bonchev–Trinajstić information content (AvgIpc) is 2.26. The van der Waals surface area contributed by atoms with Crippen LogP contribution in [0.2, 0.25) is 0 Å². The second-order valence-electron chi connectivity index (χ2n) is 4.47.